The smallest absolute Gasteiger partial charge is 0.418 e. The van der Waals surface area contributed by atoms with Gasteiger partial charge in [-0.3, -0.25) is 4.72 Å². The van der Waals surface area contributed by atoms with Gasteiger partial charge in [0.2, 0.25) is 5.88 Å². The number of anilines is 1. The highest BCUT2D eigenvalue weighted by molar-refractivity contribution is 7.92. The molecule has 0 radical (unpaired) electrons. The van der Waals surface area contributed by atoms with Crippen molar-refractivity contribution in [3.8, 4) is 17.1 Å². The summed E-state index contributed by atoms with van der Waals surface area (Å²) >= 11 is 0. The fraction of sp³-hybridized carbons (Fsp3) is 0.304. The van der Waals surface area contributed by atoms with Crippen molar-refractivity contribution in [3.63, 3.8) is 0 Å². The molecule has 2 N–H and O–H groups in total. The lowest BCUT2D eigenvalue weighted by molar-refractivity contribution is -0.137. The highest BCUT2D eigenvalue weighted by Gasteiger charge is 2.40. The number of nitrogens with zero attached hydrogens (tertiary/aromatic N) is 2. The molecule has 35 heavy (non-hydrogen) atoms. The molecule has 0 spiro atoms. The van der Waals surface area contributed by atoms with Crippen LogP contribution in [0.5, 0.6) is 5.88 Å². The van der Waals surface area contributed by atoms with Crippen LogP contribution in [0.15, 0.2) is 59.6 Å². The van der Waals surface area contributed by atoms with Crippen LogP contribution in [-0.2, 0) is 20.9 Å². The molecule has 2 aromatic heterocycles. The predicted molar refractivity (Wildman–Crippen MR) is 120 cm³/mol. The van der Waals surface area contributed by atoms with Crippen molar-refractivity contribution in [1.29, 1.82) is 0 Å². The molecule has 1 unspecified atom stereocenters. The number of ether oxygens (including phenoxy) is 2. The number of aryl methyl sites for hydroxylation is 1. The van der Waals surface area contributed by atoms with Gasteiger partial charge >= 0.3 is 6.18 Å². The van der Waals surface area contributed by atoms with E-state index < -0.39 is 44.2 Å². The lowest BCUT2D eigenvalue weighted by Gasteiger charge is -2.23. The lowest BCUT2D eigenvalue weighted by Crippen LogP contribution is -2.42. The summed E-state index contributed by atoms with van der Waals surface area (Å²) in [6.45, 7) is 3.31. The quantitative estimate of drug-likeness (QED) is 0.520. The monoisotopic (exact) mass is 509 g/mol. The van der Waals surface area contributed by atoms with Gasteiger partial charge in [0.1, 0.15) is 11.4 Å². The third-order valence-electron chi connectivity index (χ3n) is 5.43. The van der Waals surface area contributed by atoms with Gasteiger partial charge in [0.15, 0.2) is 11.1 Å². The predicted octanol–water partition coefficient (Wildman–Crippen LogP) is 3.80. The number of hydrogen-bond donors (Lipinski definition) is 2. The molecule has 3 heterocycles. The standard InChI is InChI=1S/C23H22F3N3O5S/c1-14-6-3-4-7-15(14)21-16(23(24,25)26)10-11-18(27-21)29-35(31,32)20-9-5-8-19(28-20)34-17-12-33-13-22(17,2)30/h3-11,17,30H,12-13H2,1-2H3,(H,27,29)/t17-,22?/m1/s1. The minimum absolute atomic E-state index is 0.0556. The van der Waals surface area contributed by atoms with Gasteiger partial charge in [0, 0.05) is 11.6 Å². The van der Waals surface area contributed by atoms with Gasteiger partial charge in [-0.05, 0) is 37.6 Å². The zero-order valence-corrected chi connectivity index (χ0v) is 19.5. The van der Waals surface area contributed by atoms with Crippen LogP contribution in [0.2, 0.25) is 0 Å². The molecule has 1 fully saturated rings. The Morgan fingerprint density at radius 1 is 1.11 bits per heavy atom. The Hall–Kier alpha value is -3.22. The van der Waals surface area contributed by atoms with E-state index in [2.05, 4.69) is 14.7 Å². The molecule has 0 amide bonds. The average Bonchev–Trinajstić information content (AvgIpc) is 3.11. The Balaban J connectivity index is 1.65. The van der Waals surface area contributed by atoms with E-state index in [1.165, 1.54) is 31.2 Å². The molecule has 0 aliphatic carbocycles. The number of sulfonamides is 1. The molecule has 8 nitrogen and oxygen atoms in total. The van der Waals surface area contributed by atoms with Crippen LogP contribution < -0.4 is 9.46 Å². The maximum absolute atomic E-state index is 13.6. The summed E-state index contributed by atoms with van der Waals surface area (Å²) in [5.74, 6) is -0.374. The number of hydrogen-bond acceptors (Lipinski definition) is 7. The second kappa shape index (κ2) is 9.10. The van der Waals surface area contributed by atoms with Gasteiger partial charge < -0.3 is 14.6 Å². The summed E-state index contributed by atoms with van der Waals surface area (Å²) in [4.78, 5) is 7.96. The van der Waals surface area contributed by atoms with Gasteiger partial charge in [-0.1, -0.05) is 30.3 Å². The summed E-state index contributed by atoms with van der Waals surface area (Å²) in [7, 11) is -4.33. The van der Waals surface area contributed by atoms with Crippen LogP contribution in [-0.4, -0.2) is 48.4 Å². The van der Waals surface area contributed by atoms with Crippen molar-refractivity contribution in [2.24, 2.45) is 0 Å². The van der Waals surface area contributed by atoms with E-state index in [1.54, 1.807) is 25.1 Å². The topological polar surface area (TPSA) is 111 Å². The molecule has 0 saturated carbocycles. The first-order valence-electron chi connectivity index (χ1n) is 10.5. The van der Waals surface area contributed by atoms with Gasteiger partial charge in [-0.2, -0.15) is 26.6 Å². The van der Waals surface area contributed by atoms with Crippen molar-refractivity contribution < 1.29 is 36.2 Å². The fourth-order valence-corrected chi connectivity index (χ4v) is 4.50. The number of halogens is 3. The molecule has 186 valence electrons. The van der Waals surface area contributed by atoms with Gasteiger partial charge in [-0.25, -0.2) is 4.98 Å². The van der Waals surface area contributed by atoms with Crippen molar-refractivity contribution in [1.82, 2.24) is 9.97 Å². The van der Waals surface area contributed by atoms with Gasteiger partial charge in [0.05, 0.1) is 24.5 Å². The Bertz CT molecular complexity index is 1350. The van der Waals surface area contributed by atoms with Crippen LogP contribution in [0.4, 0.5) is 19.0 Å². The minimum atomic E-state index is -4.69. The number of benzene rings is 1. The lowest BCUT2D eigenvalue weighted by atomic mass is 10.0. The van der Waals surface area contributed by atoms with Crippen molar-refractivity contribution in [2.75, 3.05) is 17.9 Å². The second-order valence-corrected chi connectivity index (χ2v) is 9.93. The van der Waals surface area contributed by atoms with Crippen molar-refractivity contribution in [3.05, 3.63) is 65.7 Å². The average molecular weight is 510 g/mol. The number of aliphatic hydroxyl groups is 1. The van der Waals surface area contributed by atoms with Crippen LogP contribution in [0.3, 0.4) is 0 Å². The summed E-state index contributed by atoms with van der Waals surface area (Å²) in [5, 5.41) is 9.82. The van der Waals surface area contributed by atoms with E-state index in [0.29, 0.717) is 5.56 Å². The van der Waals surface area contributed by atoms with E-state index in [1.807, 2.05) is 0 Å². The molecule has 12 heteroatoms. The van der Waals surface area contributed by atoms with E-state index in [-0.39, 0.29) is 30.5 Å². The molecular weight excluding hydrogens is 487 g/mol. The molecular formula is C23H22F3N3O5S. The maximum atomic E-state index is 13.6. The molecule has 2 atom stereocenters. The molecule has 1 saturated heterocycles. The highest BCUT2D eigenvalue weighted by atomic mass is 32.2. The fourth-order valence-electron chi connectivity index (χ4n) is 3.54. The van der Waals surface area contributed by atoms with E-state index in [9.17, 15) is 26.7 Å². The zero-order valence-electron chi connectivity index (χ0n) is 18.7. The van der Waals surface area contributed by atoms with Crippen LogP contribution in [0.25, 0.3) is 11.3 Å². The highest BCUT2D eigenvalue weighted by Crippen LogP contribution is 2.38. The van der Waals surface area contributed by atoms with E-state index in [0.717, 1.165) is 12.1 Å². The second-order valence-electron chi connectivity index (χ2n) is 8.30. The summed E-state index contributed by atoms with van der Waals surface area (Å²) in [5.41, 5.74) is -1.90. The van der Waals surface area contributed by atoms with Crippen LogP contribution in [0, 0.1) is 6.92 Å². The third-order valence-corrected chi connectivity index (χ3v) is 6.69. The number of pyridine rings is 2. The first kappa shape index (κ1) is 24.9. The summed E-state index contributed by atoms with van der Waals surface area (Å²) in [6, 6.07) is 12.1. The molecule has 4 rings (SSSR count). The number of rotatable bonds is 6. The normalized spacial score (nSPS) is 20.6. The van der Waals surface area contributed by atoms with Gasteiger partial charge in [0.25, 0.3) is 10.0 Å². The SMILES string of the molecule is Cc1ccccc1-c1nc(NS(=O)(=O)c2cccc(O[C@@H]3COCC3(C)O)n2)ccc1C(F)(F)F. The molecule has 1 aliphatic heterocycles. The number of alkyl halides is 3. The third kappa shape index (κ3) is 5.39. The van der Waals surface area contributed by atoms with Gasteiger partial charge in [-0.15, -0.1) is 0 Å². The Morgan fingerprint density at radius 2 is 1.86 bits per heavy atom. The molecule has 1 aromatic carbocycles. The first-order chi connectivity index (χ1) is 16.4. The zero-order chi connectivity index (χ0) is 25.4. The maximum Gasteiger partial charge on any atom is 0.418 e. The van der Waals surface area contributed by atoms with Crippen LogP contribution in [0.1, 0.15) is 18.1 Å². The molecule has 1 aliphatic rings. The van der Waals surface area contributed by atoms with Crippen molar-refractivity contribution >= 4 is 15.8 Å². The Morgan fingerprint density at radius 3 is 2.51 bits per heavy atom. The van der Waals surface area contributed by atoms with Crippen LogP contribution >= 0.6 is 0 Å². The largest absolute Gasteiger partial charge is 0.469 e. The molecule has 3 aromatic rings. The number of nitrogens with one attached hydrogen (secondary N) is 1. The Labute approximate surface area is 199 Å². The summed E-state index contributed by atoms with van der Waals surface area (Å²) < 4.78 is 79.8. The summed E-state index contributed by atoms with van der Waals surface area (Å²) in [6.07, 6.45) is -5.45. The molecule has 0 bridgehead atoms. The number of aromatic nitrogens is 2. The minimum Gasteiger partial charge on any atom is -0.469 e. The van der Waals surface area contributed by atoms with Crippen molar-refractivity contribution in [2.45, 2.75) is 36.8 Å². The van der Waals surface area contributed by atoms with E-state index >= 15 is 0 Å². The Kier molecular flexibility index (Phi) is 6.47. The van der Waals surface area contributed by atoms with E-state index in [4.69, 9.17) is 9.47 Å². The first-order valence-corrected chi connectivity index (χ1v) is 12.0.